The van der Waals surface area contributed by atoms with Crippen LogP contribution in [-0.2, 0) is 16.1 Å². The van der Waals surface area contributed by atoms with Gasteiger partial charge in [-0.1, -0.05) is 76.2 Å². The Morgan fingerprint density at radius 3 is 2.42 bits per heavy atom. The lowest BCUT2D eigenvalue weighted by Gasteiger charge is -2.32. The Morgan fingerprint density at radius 2 is 1.85 bits per heavy atom. The fourth-order valence-electron chi connectivity index (χ4n) is 3.90. The molecule has 1 aliphatic heterocycles. The number of aliphatic carboxylic acids is 1. The highest BCUT2D eigenvalue weighted by atomic mass is 16.4. The van der Waals surface area contributed by atoms with Crippen LogP contribution in [0, 0.1) is 5.92 Å². The van der Waals surface area contributed by atoms with Crippen molar-refractivity contribution in [3.05, 3.63) is 66.5 Å². The van der Waals surface area contributed by atoms with Gasteiger partial charge in [-0.3, -0.25) is 4.79 Å². The molecule has 0 saturated heterocycles. The van der Waals surface area contributed by atoms with Crippen LogP contribution in [0.4, 0.5) is 5.69 Å². The van der Waals surface area contributed by atoms with Gasteiger partial charge in [0.15, 0.2) is 0 Å². The number of carbonyl (C=O) groups excluding carboxylic acids is 1. The van der Waals surface area contributed by atoms with Gasteiger partial charge in [0.05, 0.1) is 5.69 Å². The minimum Gasteiger partial charge on any atom is -0.480 e. The van der Waals surface area contributed by atoms with Gasteiger partial charge < -0.3 is 10.0 Å². The van der Waals surface area contributed by atoms with Crippen molar-refractivity contribution in [3.8, 4) is 11.1 Å². The number of hydrogen-bond acceptors (Lipinski definition) is 6. The Labute approximate surface area is 194 Å². The normalized spacial score (nSPS) is 13.8. The van der Waals surface area contributed by atoms with Crippen LogP contribution in [0.5, 0.6) is 0 Å². The van der Waals surface area contributed by atoms with E-state index in [0.29, 0.717) is 12.2 Å². The van der Waals surface area contributed by atoms with Crippen molar-refractivity contribution in [2.24, 2.45) is 16.4 Å². The maximum absolute atomic E-state index is 12.9. The summed E-state index contributed by atoms with van der Waals surface area (Å²) in [5, 5.41) is 19.3. The Kier molecular flexibility index (Phi) is 7.82. The smallest absolute Gasteiger partial charge is 0.326 e. The Morgan fingerprint density at radius 1 is 1.15 bits per heavy atom. The topological polar surface area (TPSA) is 97.6 Å². The number of anilines is 1. The molecule has 0 unspecified atom stereocenters. The zero-order valence-electron chi connectivity index (χ0n) is 19.4. The molecule has 1 atom stereocenters. The molecule has 8 heteroatoms. The van der Waals surface area contributed by atoms with Crippen LogP contribution < -0.4 is 10.4 Å². The Bertz CT molecular complexity index is 1030. The molecule has 0 saturated carbocycles. The SMILES string of the molecule is C=C1NN=NN1c1ccccc1-c1ccc(CN(C(=O)CCCC)[C@H](C(=O)O)C(C)C)cc1. The average Bonchev–Trinajstić information content (AvgIpc) is 3.22. The summed E-state index contributed by atoms with van der Waals surface area (Å²) in [4.78, 5) is 26.3. The molecule has 8 nitrogen and oxygen atoms in total. The molecule has 2 aromatic carbocycles. The van der Waals surface area contributed by atoms with E-state index >= 15 is 0 Å². The van der Waals surface area contributed by atoms with E-state index in [2.05, 4.69) is 22.5 Å². The molecule has 0 radical (unpaired) electrons. The Hall–Kier alpha value is -3.68. The summed E-state index contributed by atoms with van der Waals surface area (Å²) >= 11 is 0. The number of amides is 1. The second-order valence-corrected chi connectivity index (χ2v) is 8.43. The van der Waals surface area contributed by atoms with Gasteiger partial charge in [0, 0.05) is 18.5 Å². The first kappa shape index (κ1) is 24.0. The van der Waals surface area contributed by atoms with Crippen molar-refractivity contribution in [2.45, 2.75) is 52.6 Å². The maximum Gasteiger partial charge on any atom is 0.326 e. The summed E-state index contributed by atoms with van der Waals surface area (Å²) in [7, 11) is 0. The van der Waals surface area contributed by atoms with Crippen LogP contribution in [0.2, 0.25) is 0 Å². The van der Waals surface area contributed by atoms with E-state index in [0.717, 1.165) is 35.2 Å². The summed E-state index contributed by atoms with van der Waals surface area (Å²) in [5.41, 5.74) is 6.37. The van der Waals surface area contributed by atoms with Crippen molar-refractivity contribution in [3.63, 3.8) is 0 Å². The van der Waals surface area contributed by atoms with Crippen molar-refractivity contribution in [1.82, 2.24) is 10.3 Å². The van der Waals surface area contributed by atoms with Crippen LogP contribution in [0.25, 0.3) is 11.1 Å². The van der Waals surface area contributed by atoms with Gasteiger partial charge in [-0.05, 0) is 40.0 Å². The molecule has 3 rings (SSSR count). The molecule has 0 spiro atoms. The molecule has 0 fully saturated rings. The largest absolute Gasteiger partial charge is 0.480 e. The lowest BCUT2D eigenvalue weighted by molar-refractivity contribution is -0.153. The molecule has 1 aliphatic rings. The van der Waals surface area contributed by atoms with E-state index in [9.17, 15) is 14.7 Å². The first-order valence-electron chi connectivity index (χ1n) is 11.2. The number of carbonyl (C=O) groups is 2. The van der Waals surface area contributed by atoms with E-state index in [-0.39, 0.29) is 18.4 Å². The fraction of sp³-hybridized carbons (Fsp3) is 0.360. The van der Waals surface area contributed by atoms with Crippen LogP contribution >= 0.6 is 0 Å². The number of rotatable bonds is 10. The number of nitrogens with one attached hydrogen (secondary N) is 1. The molecular formula is C25H31N5O3. The third-order valence-electron chi connectivity index (χ3n) is 5.60. The number of para-hydroxylation sites is 1. The highest BCUT2D eigenvalue weighted by molar-refractivity contribution is 5.84. The molecule has 0 aromatic heterocycles. The maximum atomic E-state index is 12.9. The number of carboxylic acids is 1. The van der Waals surface area contributed by atoms with Crippen molar-refractivity contribution >= 4 is 17.6 Å². The van der Waals surface area contributed by atoms with Crippen molar-refractivity contribution in [2.75, 3.05) is 5.01 Å². The van der Waals surface area contributed by atoms with Gasteiger partial charge >= 0.3 is 5.97 Å². The summed E-state index contributed by atoms with van der Waals surface area (Å²) in [5.74, 6) is -0.740. The van der Waals surface area contributed by atoms with E-state index in [4.69, 9.17) is 0 Å². The van der Waals surface area contributed by atoms with Gasteiger partial charge in [0.2, 0.25) is 5.91 Å². The van der Waals surface area contributed by atoms with E-state index in [1.54, 1.807) is 5.01 Å². The molecule has 0 bridgehead atoms. The standard InChI is InChI=1S/C25H31N5O3/c1-5-6-11-23(31)29(24(17(2)3)25(32)33)16-19-12-14-20(15-13-19)21-9-7-8-10-22(21)30-18(4)26-27-28-30/h7-10,12-15,17,24H,4-6,11,16H2,1-3H3,(H,26,28)(H,32,33)/t24-/m0/s1. The molecule has 1 heterocycles. The molecular weight excluding hydrogens is 418 g/mol. The van der Waals surface area contributed by atoms with Crippen molar-refractivity contribution < 1.29 is 14.7 Å². The zero-order valence-corrected chi connectivity index (χ0v) is 19.4. The number of unbranched alkanes of at least 4 members (excludes halogenated alkanes) is 1. The van der Waals surface area contributed by atoms with Gasteiger partial charge in [-0.15, -0.1) is 0 Å². The predicted octanol–water partition coefficient (Wildman–Crippen LogP) is 5.14. The summed E-state index contributed by atoms with van der Waals surface area (Å²) in [6.07, 6.45) is 1.97. The van der Waals surface area contributed by atoms with E-state index in [1.807, 2.05) is 69.3 Å². The first-order valence-corrected chi connectivity index (χ1v) is 11.2. The summed E-state index contributed by atoms with van der Waals surface area (Å²) < 4.78 is 0. The van der Waals surface area contributed by atoms with Gasteiger partial charge in [0.1, 0.15) is 11.9 Å². The molecule has 0 aliphatic carbocycles. The summed E-state index contributed by atoms with van der Waals surface area (Å²) in [6.45, 7) is 9.84. The first-order chi connectivity index (χ1) is 15.8. The van der Waals surface area contributed by atoms with Crippen molar-refractivity contribution in [1.29, 1.82) is 0 Å². The molecule has 2 aromatic rings. The van der Waals surface area contributed by atoms with E-state index in [1.165, 1.54) is 4.90 Å². The minimum atomic E-state index is -0.978. The van der Waals surface area contributed by atoms with Crippen LogP contribution in [0.15, 0.2) is 71.4 Å². The van der Waals surface area contributed by atoms with Gasteiger partial charge in [0.25, 0.3) is 0 Å². The highest BCUT2D eigenvalue weighted by Gasteiger charge is 2.32. The predicted molar refractivity (Wildman–Crippen MR) is 128 cm³/mol. The third kappa shape index (κ3) is 5.58. The number of nitrogens with zero attached hydrogens (tertiary/aromatic N) is 4. The van der Waals surface area contributed by atoms with E-state index < -0.39 is 12.0 Å². The molecule has 2 N–H and O–H groups in total. The lowest BCUT2D eigenvalue weighted by Crippen LogP contribution is -2.47. The number of hydrogen-bond donors (Lipinski definition) is 2. The molecule has 33 heavy (non-hydrogen) atoms. The van der Waals surface area contributed by atoms with Crippen LogP contribution in [-0.4, -0.2) is 27.9 Å². The number of carboxylic acid groups (broad SMARTS) is 1. The average molecular weight is 450 g/mol. The third-order valence-corrected chi connectivity index (χ3v) is 5.60. The van der Waals surface area contributed by atoms with Crippen LogP contribution in [0.3, 0.4) is 0 Å². The molecule has 174 valence electrons. The minimum absolute atomic E-state index is 0.127. The molecule has 1 amide bonds. The second kappa shape index (κ2) is 10.8. The Balaban J connectivity index is 1.87. The second-order valence-electron chi connectivity index (χ2n) is 8.43. The summed E-state index contributed by atoms with van der Waals surface area (Å²) in [6, 6.07) is 14.7. The fourth-order valence-corrected chi connectivity index (χ4v) is 3.90. The zero-order chi connectivity index (χ0) is 24.0. The van der Waals surface area contributed by atoms with Gasteiger partial charge in [-0.2, -0.15) is 5.01 Å². The quantitative estimate of drug-likeness (QED) is 0.523. The monoisotopic (exact) mass is 449 g/mol. The lowest BCUT2D eigenvalue weighted by atomic mass is 9.99. The van der Waals surface area contributed by atoms with Crippen LogP contribution in [0.1, 0.15) is 45.6 Å². The highest BCUT2D eigenvalue weighted by Crippen LogP contribution is 2.34. The van der Waals surface area contributed by atoms with Gasteiger partial charge in [-0.25, -0.2) is 10.2 Å². The number of benzene rings is 2.